The van der Waals surface area contributed by atoms with Crippen molar-refractivity contribution in [3.8, 4) is 11.4 Å². The predicted molar refractivity (Wildman–Crippen MR) is 76.0 cm³/mol. The maximum absolute atomic E-state index is 5.07. The molecule has 0 spiro atoms. The second kappa shape index (κ2) is 5.48. The van der Waals surface area contributed by atoms with Gasteiger partial charge in [-0.05, 0) is 35.1 Å². The van der Waals surface area contributed by atoms with Crippen molar-refractivity contribution in [2.45, 2.75) is 19.8 Å². The van der Waals surface area contributed by atoms with Crippen LogP contribution in [0.1, 0.15) is 19.0 Å². The van der Waals surface area contributed by atoms with Crippen molar-refractivity contribution in [2.24, 2.45) is 0 Å². The standard InChI is InChI=1S/C12H14IN3O/c1-3-4-9-10(13)12(14-2)16-11(15-9)8-5-6-17-7-8/h5-7H,3-4H2,1-2H3,(H,14,15,16). The number of nitrogens with one attached hydrogen (secondary N) is 1. The minimum absolute atomic E-state index is 0.715. The molecule has 2 heterocycles. The minimum atomic E-state index is 0.715. The van der Waals surface area contributed by atoms with Crippen LogP contribution in [-0.4, -0.2) is 17.0 Å². The van der Waals surface area contributed by atoms with E-state index in [0.717, 1.165) is 33.5 Å². The lowest BCUT2D eigenvalue weighted by Crippen LogP contribution is -2.05. The zero-order chi connectivity index (χ0) is 12.3. The molecule has 2 aromatic heterocycles. The fourth-order valence-corrected chi connectivity index (χ4v) is 2.36. The number of aryl methyl sites for hydroxylation is 1. The molecule has 2 rings (SSSR count). The molecule has 0 fully saturated rings. The zero-order valence-electron chi connectivity index (χ0n) is 9.83. The first-order chi connectivity index (χ1) is 8.26. The first kappa shape index (κ1) is 12.3. The second-order valence-electron chi connectivity index (χ2n) is 3.67. The Bertz CT molecular complexity index is 497. The first-order valence-electron chi connectivity index (χ1n) is 5.53. The molecule has 4 nitrogen and oxygen atoms in total. The lowest BCUT2D eigenvalue weighted by molar-refractivity contribution is 0.568. The molecule has 0 bridgehead atoms. The molecule has 1 N–H and O–H groups in total. The Balaban J connectivity index is 2.50. The van der Waals surface area contributed by atoms with E-state index in [1.54, 1.807) is 12.5 Å². The maximum atomic E-state index is 5.07. The Morgan fingerprint density at radius 2 is 2.24 bits per heavy atom. The number of rotatable bonds is 4. The third-order valence-corrected chi connectivity index (χ3v) is 3.56. The van der Waals surface area contributed by atoms with Crippen LogP contribution in [0, 0.1) is 3.57 Å². The van der Waals surface area contributed by atoms with Crippen LogP contribution in [0.25, 0.3) is 11.4 Å². The van der Waals surface area contributed by atoms with Crippen molar-refractivity contribution in [3.63, 3.8) is 0 Å². The maximum Gasteiger partial charge on any atom is 0.165 e. The van der Waals surface area contributed by atoms with Crippen molar-refractivity contribution in [2.75, 3.05) is 12.4 Å². The minimum Gasteiger partial charge on any atom is -0.472 e. The van der Waals surface area contributed by atoms with Gasteiger partial charge in [-0.2, -0.15) is 0 Å². The molecule has 0 aliphatic heterocycles. The molecule has 0 amide bonds. The Kier molecular flexibility index (Phi) is 3.98. The van der Waals surface area contributed by atoms with E-state index in [1.165, 1.54) is 0 Å². The highest BCUT2D eigenvalue weighted by molar-refractivity contribution is 14.1. The van der Waals surface area contributed by atoms with Crippen LogP contribution >= 0.6 is 22.6 Å². The van der Waals surface area contributed by atoms with E-state index in [0.29, 0.717) is 5.82 Å². The van der Waals surface area contributed by atoms with Gasteiger partial charge in [0, 0.05) is 7.05 Å². The summed E-state index contributed by atoms with van der Waals surface area (Å²) in [4.78, 5) is 9.08. The summed E-state index contributed by atoms with van der Waals surface area (Å²) in [6.07, 6.45) is 5.33. The lowest BCUT2D eigenvalue weighted by Gasteiger charge is -2.09. The van der Waals surface area contributed by atoms with Gasteiger partial charge in [0.05, 0.1) is 21.1 Å². The van der Waals surface area contributed by atoms with Crippen molar-refractivity contribution < 1.29 is 4.42 Å². The summed E-state index contributed by atoms with van der Waals surface area (Å²) in [7, 11) is 1.87. The average Bonchev–Trinajstić information content (AvgIpc) is 2.85. The lowest BCUT2D eigenvalue weighted by atomic mass is 10.2. The van der Waals surface area contributed by atoms with Crippen LogP contribution in [0.5, 0.6) is 0 Å². The number of furan rings is 1. The van der Waals surface area contributed by atoms with E-state index in [4.69, 9.17) is 4.42 Å². The largest absolute Gasteiger partial charge is 0.472 e. The Labute approximate surface area is 114 Å². The summed E-state index contributed by atoms with van der Waals surface area (Å²) < 4.78 is 6.17. The van der Waals surface area contributed by atoms with Crippen molar-refractivity contribution in [1.29, 1.82) is 0 Å². The second-order valence-corrected chi connectivity index (χ2v) is 4.75. The number of halogens is 1. The van der Waals surface area contributed by atoms with Crippen LogP contribution in [0.2, 0.25) is 0 Å². The van der Waals surface area contributed by atoms with Gasteiger partial charge in [-0.15, -0.1) is 0 Å². The van der Waals surface area contributed by atoms with E-state index < -0.39 is 0 Å². The molecular weight excluding hydrogens is 329 g/mol. The van der Waals surface area contributed by atoms with E-state index >= 15 is 0 Å². The average molecular weight is 343 g/mol. The van der Waals surface area contributed by atoms with E-state index in [2.05, 4.69) is 44.8 Å². The molecular formula is C12H14IN3O. The van der Waals surface area contributed by atoms with Crippen molar-refractivity contribution in [1.82, 2.24) is 9.97 Å². The molecule has 0 unspecified atom stereocenters. The van der Waals surface area contributed by atoms with Crippen LogP contribution < -0.4 is 5.32 Å². The molecule has 0 aliphatic rings. The SMILES string of the molecule is CCCc1nc(-c2ccoc2)nc(NC)c1I. The van der Waals surface area contributed by atoms with E-state index in [1.807, 2.05) is 13.1 Å². The van der Waals surface area contributed by atoms with Crippen LogP contribution in [0.3, 0.4) is 0 Å². The first-order valence-corrected chi connectivity index (χ1v) is 6.60. The summed E-state index contributed by atoms with van der Waals surface area (Å²) in [5.74, 6) is 1.59. The Morgan fingerprint density at radius 3 is 2.82 bits per heavy atom. The van der Waals surface area contributed by atoms with Crippen LogP contribution in [0.15, 0.2) is 23.0 Å². The number of nitrogens with zero attached hydrogens (tertiary/aromatic N) is 2. The van der Waals surface area contributed by atoms with Gasteiger partial charge >= 0.3 is 0 Å². The molecule has 2 aromatic rings. The monoisotopic (exact) mass is 343 g/mol. The number of anilines is 1. The highest BCUT2D eigenvalue weighted by atomic mass is 127. The highest BCUT2D eigenvalue weighted by Crippen LogP contribution is 2.24. The normalized spacial score (nSPS) is 10.5. The third kappa shape index (κ3) is 2.59. The summed E-state index contributed by atoms with van der Waals surface area (Å²) >= 11 is 2.29. The van der Waals surface area contributed by atoms with Gasteiger partial charge in [-0.1, -0.05) is 13.3 Å². The fraction of sp³-hybridized carbons (Fsp3) is 0.333. The number of aromatic nitrogens is 2. The van der Waals surface area contributed by atoms with Gasteiger partial charge in [0.2, 0.25) is 0 Å². The molecule has 0 aliphatic carbocycles. The quantitative estimate of drug-likeness (QED) is 0.866. The Morgan fingerprint density at radius 1 is 1.41 bits per heavy atom. The van der Waals surface area contributed by atoms with Gasteiger partial charge in [0.25, 0.3) is 0 Å². The molecule has 0 saturated carbocycles. The molecule has 0 atom stereocenters. The molecule has 90 valence electrons. The fourth-order valence-electron chi connectivity index (χ4n) is 1.58. The van der Waals surface area contributed by atoms with E-state index in [-0.39, 0.29) is 0 Å². The number of hydrogen-bond donors (Lipinski definition) is 1. The summed E-state index contributed by atoms with van der Waals surface area (Å²) in [6, 6.07) is 1.87. The van der Waals surface area contributed by atoms with Gasteiger partial charge in [0.1, 0.15) is 12.1 Å². The summed E-state index contributed by atoms with van der Waals surface area (Å²) in [5.41, 5.74) is 2.00. The molecule has 5 heteroatoms. The zero-order valence-corrected chi connectivity index (χ0v) is 12.0. The van der Waals surface area contributed by atoms with Crippen molar-refractivity contribution in [3.05, 3.63) is 27.9 Å². The van der Waals surface area contributed by atoms with Gasteiger partial charge < -0.3 is 9.73 Å². The summed E-state index contributed by atoms with van der Waals surface area (Å²) in [5, 5.41) is 3.11. The Hall–Kier alpha value is -1.11. The van der Waals surface area contributed by atoms with Gasteiger partial charge in [-0.25, -0.2) is 9.97 Å². The number of hydrogen-bond acceptors (Lipinski definition) is 4. The molecule has 17 heavy (non-hydrogen) atoms. The van der Waals surface area contributed by atoms with Crippen molar-refractivity contribution >= 4 is 28.4 Å². The third-order valence-electron chi connectivity index (χ3n) is 2.42. The van der Waals surface area contributed by atoms with Gasteiger partial charge in [-0.3, -0.25) is 0 Å². The smallest absolute Gasteiger partial charge is 0.165 e. The molecule has 0 saturated heterocycles. The molecule has 0 radical (unpaired) electrons. The highest BCUT2D eigenvalue weighted by Gasteiger charge is 2.12. The van der Waals surface area contributed by atoms with E-state index in [9.17, 15) is 0 Å². The molecule has 0 aromatic carbocycles. The van der Waals surface area contributed by atoms with Crippen LogP contribution in [-0.2, 0) is 6.42 Å². The topological polar surface area (TPSA) is 51.0 Å². The van der Waals surface area contributed by atoms with Gasteiger partial charge in [0.15, 0.2) is 5.82 Å². The predicted octanol–water partition coefficient (Wildman–Crippen LogP) is 3.34. The van der Waals surface area contributed by atoms with Crippen LogP contribution in [0.4, 0.5) is 5.82 Å². The summed E-state index contributed by atoms with van der Waals surface area (Å²) in [6.45, 7) is 2.15.